The third-order valence-electron chi connectivity index (χ3n) is 4.91. The SMILES string of the molecule is COc1ccc(CCC2(CCl)NCCc3ccccc32)cc1OC. The lowest BCUT2D eigenvalue weighted by Crippen LogP contribution is -2.49. The summed E-state index contributed by atoms with van der Waals surface area (Å²) in [6.07, 6.45) is 2.93. The Bertz CT molecular complexity index is 704. The van der Waals surface area contributed by atoms with E-state index in [-0.39, 0.29) is 5.54 Å². The highest BCUT2D eigenvalue weighted by Crippen LogP contribution is 2.35. The second-order valence-corrected chi connectivity index (χ2v) is 6.51. The molecule has 3 rings (SSSR count). The molecule has 0 saturated heterocycles. The zero-order valence-electron chi connectivity index (χ0n) is 14.3. The van der Waals surface area contributed by atoms with Gasteiger partial charge in [-0.2, -0.15) is 0 Å². The number of hydrogen-bond donors (Lipinski definition) is 1. The standard InChI is InChI=1S/C20H24ClNO2/c1-23-18-8-7-15(13-19(18)24-2)9-11-20(14-21)17-6-4-3-5-16(17)10-12-22-20/h3-8,13,22H,9-12,14H2,1-2H3. The van der Waals surface area contributed by atoms with Gasteiger partial charge in [-0.05, 0) is 48.1 Å². The molecular weight excluding hydrogens is 322 g/mol. The van der Waals surface area contributed by atoms with Crippen molar-refractivity contribution in [2.45, 2.75) is 24.8 Å². The third-order valence-corrected chi connectivity index (χ3v) is 5.36. The fourth-order valence-corrected chi connectivity index (χ4v) is 3.91. The first-order valence-corrected chi connectivity index (χ1v) is 8.86. The summed E-state index contributed by atoms with van der Waals surface area (Å²) in [5, 5.41) is 3.67. The molecule has 0 spiro atoms. The highest BCUT2D eigenvalue weighted by atomic mass is 35.5. The number of alkyl halides is 1. The number of fused-ring (bicyclic) bond motifs is 1. The lowest BCUT2D eigenvalue weighted by atomic mass is 9.80. The van der Waals surface area contributed by atoms with E-state index >= 15 is 0 Å². The normalized spacial score (nSPS) is 19.6. The molecule has 0 aromatic heterocycles. The molecule has 1 unspecified atom stereocenters. The Hall–Kier alpha value is -1.71. The molecule has 1 aliphatic heterocycles. The molecule has 1 N–H and O–H groups in total. The Morgan fingerprint density at radius 1 is 1.08 bits per heavy atom. The maximum Gasteiger partial charge on any atom is 0.160 e. The molecule has 0 bridgehead atoms. The van der Waals surface area contributed by atoms with E-state index in [9.17, 15) is 0 Å². The summed E-state index contributed by atoms with van der Waals surface area (Å²) in [5.41, 5.74) is 3.81. The van der Waals surface area contributed by atoms with Crippen molar-refractivity contribution in [3.05, 3.63) is 59.2 Å². The number of rotatable bonds is 6. The monoisotopic (exact) mass is 345 g/mol. The van der Waals surface area contributed by atoms with E-state index in [1.807, 2.05) is 6.07 Å². The molecule has 24 heavy (non-hydrogen) atoms. The van der Waals surface area contributed by atoms with E-state index in [4.69, 9.17) is 21.1 Å². The van der Waals surface area contributed by atoms with Gasteiger partial charge in [-0.15, -0.1) is 11.6 Å². The number of halogens is 1. The van der Waals surface area contributed by atoms with Crippen LogP contribution in [0.15, 0.2) is 42.5 Å². The Kier molecular flexibility index (Phi) is 5.32. The average Bonchev–Trinajstić information content (AvgIpc) is 2.66. The predicted molar refractivity (Wildman–Crippen MR) is 98.4 cm³/mol. The van der Waals surface area contributed by atoms with Gasteiger partial charge in [0.1, 0.15) is 0 Å². The second kappa shape index (κ2) is 7.45. The zero-order valence-corrected chi connectivity index (χ0v) is 15.0. The van der Waals surface area contributed by atoms with Crippen LogP contribution in [0.4, 0.5) is 0 Å². The van der Waals surface area contributed by atoms with Gasteiger partial charge in [0.2, 0.25) is 0 Å². The maximum absolute atomic E-state index is 6.43. The highest BCUT2D eigenvalue weighted by Gasteiger charge is 2.34. The average molecular weight is 346 g/mol. The lowest BCUT2D eigenvalue weighted by Gasteiger charge is -2.39. The van der Waals surface area contributed by atoms with E-state index < -0.39 is 0 Å². The summed E-state index contributed by atoms with van der Waals surface area (Å²) in [7, 11) is 3.32. The van der Waals surface area contributed by atoms with Crippen LogP contribution < -0.4 is 14.8 Å². The van der Waals surface area contributed by atoms with Crippen molar-refractivity contribution < 1.29 is 9.47 Å². The van der Waals surface area contributed by atoms with Crippen molar-refractivity contribution in [3.63, 3.8) is 0 Å². The van der Waals surface area contributed by atoms with E-state index in [0.717, 1.165) is 37.3 Å². The van der Waals surface area contributed by atoms with Gasteiger partial charge in [-0.1, -0.05) is 30.3 Å². The molecule has 2 aromatic rings. The smallest absolute Gasteiger partial charge is 0.160 e. The Morgan fingerprint density at radius 2 is 1.88 bits per heavy atom. The van der Waals surface area contributed by atoms with Crippen molar-refractivity contribution >= 4 is 11.6 Å². The molecule has 0 radical (unpaired) electrons. The summed E-state index contributed by atoms with van der Waals surface area (Å²) in [6, 6.07) is 14.7. The van der Waals surface area contributed by atoms with Crippen molar-refractivity contribution in [2.24, 2.45) is 0 Å². The zero-order chi connectivity index (χ0) is 17.0. The molecule has 1 atom stereocenters. The third kappa shape index (κ3) is 3.24. The van der Waals surface area contributed by atoms with Crippen LogP contribution in [0.1, 0.15) is 23.1 Å². The van der Waals surface area contributed by atoms with E-state index in [1.54, 1.807) is 14.2 Å². The van der Waals surface area contributed by atoms with Crippen LogP contribution in [-0.2, 0) is 18.4 Å². The molecule has 4 heteroatoms. The van der Waals surface area contributed by atoms with E-state index in [2.05, 4.69) is 41.7 Å². The minimum absolute atomic E-state index is 0.163. The van der Waals surface area contributed by atoms with Crippen LogP contribution in [0.25, 0.3) is 0 Å². The van der Waals surface area contributed by atoms with E-state index in [0.29, 0.717) is 5.88 Å². The molecule has 3 nitrogen and oxygen atoms in total. The van der Waals surface area contributed by atoms with Crippen LogP contribution in [-0.4, -0.2) is 26.6 Å². The summed E-state index contributed by atoms with van der Waals surface area (Å²) in [4.78, 5) is 0. The fraction of sp³-hybridized carbons (Fsp3) is 0.400. The first-order valence-electron chi connectivity index (χ1n) is 8.33. The van der Waals surface area contributed by atoms with Crippen molar-refractivity contribution in [2.75, 3.05) is 26.6 Å². The first kappa shape index (κ1) is 17.1. The lowest BCUT2D eigenvalue weighted by molar-refractivity contribution is 0.327. The molecule has 0 saturated carbocycles. The number of benzene rings is 2. The van der Waals surface area contributed by atoms with Gasteiger partial charge in [-0.3, -0.25) is 0 Å². The number of methoxy groups -OCH3 is 2. The first-order chi connectivity index (χ1) is 11.7. The van der Waals surface area contributed by atoms with Crippen LogP contribution in [0.2, 0.25) is 0 Å². The van der Waals surface area contributed by atoms with Crippen molar-refractivity contribution in [3.8, 4) is 11.5 Å². The van der Waals surface area contributed by atoms with Gasteiger partial charge in [0.15, 0.2) is 11.5 Å². The molecular formula is C20H24ClNO2. The number of aryl methyl sites for hydroxylation is 1. The Morgan fingerprint density at radius 3 is 2.62 bits per heavy atom. The molecule has 128 valence electrons. The largest absolute Gasteiger partial charge is 0.493 e. The molecule has 0 fully saturated rings. The Balaban J connectivity index is 1.83. The molecule has 0 amide bonds. The molecule has 1 heterocycles. The topological polar surface area (TPSA) is 30.5 Å². The summed E-state index contributed by atoms with van der Waals surface area (Å²) >= 11 is 6.43. The van der Waals surface area contributed by atoms with Crippen LogP contribution in [0.5, 0.6) is 11.5 Å². The van der Waals surface area contributed by atoms with Gasteiger partial charge >= 0.3 is 0 Å². The highest BCUT2D eigenvalue weighted by molar-refractivity contribution is 6.18. The maximum atomic E-state index is 6.43. The van der Waals surface area contributed by atoms with Gasteiger partial charge in [0.25, 0.3) is 0 Å². The second-order valence-electron chi connectivity index (χ2n) is 6.24. The quantitative estimate of drug-likeness (QED) is 0.805. The predicted octanol–water partition coefficient (Wildman–Crippen LogP) is 3.92. The molecule has 1 aliphatic rings. The summed E-state index contributed by atoms with van der Waals surface area (Å²) in [6.45, 7) is 0.968. The van der Waals surface area contributed by atoms with Crippen molar-refractivity contribution in [1.82, 2.24) is 5.32 Å². The van der Waals surface area contributed by atoms with Crippen LogP contribution >= 0.6 is 11.6 Å². The minimum atomic E-state index is -0.163. The van der Waals surface area contributed by atoms with Crippen molar-refractivity contribution in [1.29, 1.82) is 0 Å². The van der Waals surface area contributed by atoms with Crippen LogP contribution in [0, 0.1) is 0 Å². The van der Waals surface area contributed by atoms with Gasteiger partial charge < -0.3 is 14.8 Å². The van der Waals surface area contributed by atoms with Gasteiger partial charge in [0, 0.05) is 12.4 Å². The Labute approximate surface area is 148 Å². The number of nitrogens with one attached hydrogen (secondary N) is 1. The summed E-state index contributed by atoms with van der Waals surface area (Å²) < 4.78 is 10.7. The number of hydrogen-bond acceptors (Lipinski definition) is 3. The fourth-order valence-electron chi connectivity index (χ4n) is 3.54. The summed E-state index contributed by atoms with van der Waals surface area (Å²) in [5.74, 6) is 2.10. The van der Waals surface area contributed by atoms with Gasteiger partial charge in [0.05, 0.1) is 19.8 Å². The van der Waals surface area contributed by atoms with E-state index in [1.165, 1.54) is 16.7 Å². The minimum Gasteiger partial charge on any atom is -0.493 e. The molecule has 0 aliphatic carbocycles. The molecule has 2 aromatic carbocycles. The van der Waals surface area contributed by atoms with Crippen LogP contribution in [0.3, 0.4) is 0 Å². The number of ether oxygens (including phenoxy) is 2. The van der Waals surface area contributed by atoms with Gasteiger partial charge in [-0.25, -0.2) is 0 Å².